The molecule has 4 nitrogen and oxygen atoms in total. The van der Waals surface area contributed by atoms with Crippen molar-refractivity contribution in [2.75, 3.05) is 42.9 Å². The molecule has 0 amide bonds. The summed E-state index contributed by atoms with van der Waals surface area (Å²) in [5, 5.41) is 4.44. The third kappa shape index (κ3) is 3.90. The van der Waals surface area contributed by atoms with Gasteiger partial charge in [-0.1, -0.05) is 48.0 Å². The van der Waals surface area contributed by atoms with Gasteiger partial charge in [-0.05, 0) is 41.8 Å². The molecule has 3 aromatic rings. The molecule has 2 saturated heterocycles. The summed E-state index contributed by atoms with van der Waals surface area (Å²) in [4.78, 5) is 9.21. The van der Waals surface area contributed by atoms with Gasteiger partial charge in [0.05, 0.1) is 5.02 Å². The van der Waals surface area contributed by atoms with E-state index in [1.54, 1.807) is 6.20 Å². The van der Waals surface area contributed by atoms with E-state index in [-0.39, 0.29) is 0 Å². The van der Waals surface area contributed by atoms with Gasteiger partial charge in [0, 0.05) is 68.5 Å². The zero-order valence-electron chi connectivity index (χ0n) is 17.0. The fraction of sp³-hybridized carbons (Fsp3) is 0.320. The Morgan fingerprint density at radius 1 is 0.967 bits per heavy atom. The molecule has 154 valence electrons. The van der Waals surface area contributed by atoms with Crippen LogP contribution in [-0.2, 0) is 6.54 Å². The number of hydrogen-bond donors (Lipinski definition) is 1. The van der Waals surface area contributed by atoms with E-state index in [9.17, 15) is 0 Å². The van der Waals surface area contributed by atoms with Crippen LogP contribution in [0.25, 0.3) is 0 Å². The summed E-state index contributed by atoms with van der Waals surface area (Å²) in [6, 6.07) is 23.3. The molecular weight excluding hydrogens is 392 g/mol. The first-order valence-electron chi connectivity index (χ1n) is 10.6. The summed E-state index contributed by atoms with van der Waals surface area (Å²) in [5.41, 5.74) is 4.01. The van der Waals surface area contributed by atoms with Gasteiger partial charge in [-0.25, -0.2) is 0 Å². The van der Waals surface area contributed by atoms with Gasteiger partial charge < -0.3 is 10.2 Å². The Morgan fingerprint density at radius 3 is 2.43 bits per heavy atom. The highest BCUT2D eigenvalue weighted by Gasteiger charge is 2.53. The first kappa shape index (κ1) is 19.4. The highest BCUT2D eigenvalue weighted by molar-refractivity contribution is 6.31. The lowest BCUT2D eigenvalue weighted by atomic mass is 9.71. The van der Waals surface area contributed by atoms with Gasteiger partial charge in [0.15, 0.2) is 0 Å². The average Bonchev–Trinajstić information content (AvgIpc) is 3.13. The van der Waals surface area contributed by atoms with Crippen molar-refractivity contribution in [3.8, 4) is 0 Å². The van der Waals surface area contributed by atoms with E-state index in [1.165, 1.54) is 11.4 Å². The fourth-order valence-corrected chi connectivity index (χ4v) is 5.19. The van der Waals surface area contributed by atoms with E-state index >= 15 is 0 Å². The highest BCUT2D eigenvalue weighted by atomic mass is 35.5. The van der Waals surface area contributed by atoms with E-state index < -0.39 is 0 Å². The Bertz CT molecular complexity index is 973. The molecule has 1 unspecified atom stereocenters. The van der Waals surface area contributed by atoms with Gasteiger partial charge in [0.1, 0.15) is 0 Å². The third-order valence-electron chi connectivity index (χ3n) is 6.59. The summed E-state index contributed by atoms with van der Waals surface area (Å²) < 4.78 is 0. The van der Waals surface area contributed by atoms with Gasteiger partial charge in [-0.2, -0.15) is 0 Å². The number of nitrogens with one attached hydrogen (secondary N) is 1. The molecule has 0 bridgehead atoms. The molecule has 30 heavy (non-hydrogen) atoms. The molecule has 2 aromatic carbocycles. The summed E-state index contributed by atoms with van der Waals surface area (Å²) in [6.45, 7) is 6.29. The Kier molecular flexibility index (Phi) is 5.36. The smallest absolute Gasteiger partial charge is 0.0634 e. The quantitative estimate of drug-likeness (QED) is 0.623. The van der Waals surface area contributed by atoms with Crippen molar-refractivity contribution in [1.29, 1.82) is 0 Å². The molecule has 5 heteroatoms. The maximum Gasteiger partial charge on any atom is 0.0634 e. The van der Waals surface area contributed by atoms with Crippen LogP contribution in [0.15, 0.2) is 79.1 Å². The van der Waals surface area contributed by atoms with Crippen molar-refractivity contribution in [2.45, 2.75) is 6.54 Å². The number of likely N-dealkylation sites (tertiary alicyclic amines) is 1. The number of pyridine rings is 1. The number of benzene rings is 2. The first-order chi connectivity index (χ1) is 14.7. The molecule has 0 radical (unpaired) electrons. The molecule has 2 aliphatic heterocycles. The second-order valence-electron chi connectivity index (χ2n) is 8.63. The van der Waals surface area contributed by atoms with Gasteiger partial charge >= 0.3 is 0 Å². The number of nitrogens with zero attached hydrogens (tertiary/aromatic N) is 3. The number of halogens is 1. The van der Waals surface area contributed by atoms with Crippen LogP contribution < -0.4 is 10.2 Å². The van der Waals surface area contributed by atoms with Gasteiger partial charge in [0.2, 0.25) is 0 Å². The number of aromatic nitrogens is 1. The highest BCUT2D eigenvalue weighted by Crippen LogP contribution is 2.46. The molecule has 1 atom stereocenters. The summed E-state index contributed by atoms with van der Waals surface area (Å²) in [7, 11) is 0. The average molecular weight is 419 g/mol. The number of hydrogen-bond acceptors (Lipinski definition) is 4. The molecule has 1 spiro atoms. The first-order valence-corrected chi connectivity index (χ1v) is 11.0. The van der Waals surface area contributed by atoms with Crippen LogP contribution in [0.3, 0.4) is 0 Å². The Labute approximate surface area is 183 Å². The standard InChI is InChI=1S/C25H27ClN4/c26-24-14-27-12-11-20(24)15-29-16-21(13-28-22-7-3-1-4-8-22)25(17-29)18-30(19-25)23-9-5-2-6-10-23/h1-12,14,21,28H,13,15-19H2. The fourth-order valence-electron chi connectivity index (χ4n) is 5.01. The van der Waals surface area contributed by atoms with E-state index in [1.807, 2.05) is 12.3 Å². The molecule has 5 rings (SSSR count). The van der Waals surface area contributed by atoms with Crippen LogP contribution in [-0.4, -0.2) is 42.6 Å². The number of anilines is 2. The van der Waals surface area contributed by atoms with Gasteiger partial charge in [-0.15, -0.1) is 0 Å². The molecule has 1 N–H and O–H groups in total. The molecule has 3 heterocycles. The topological polar surface area (TPSA) is 31.4 Å². The lowest BCUT2D eigenvalue weighted by Gasteiger charge is -2.52. The summed E-state index contributed by atoms with van der Waals surface area (Å²) in [5.74, 6) is 0.596. The number of para-hydroxylation sites is 2. The maximum absolute atomic E-state index is 6.39. The Hall–Kier alpha value is -2.56. The summed E-state index contributed by atoms with van der Waals surface area (Å²) >= 11 is 6.39. The Balaban J connectivity index is 1.31. The molecule has 2 aliphatic rings. The zero-order chi connectivity index (χ0) is 20.4. The van der Waals surface area contributed by atoms with E-state index in [0.717, 1.165) is 49.9 Å². The molecule has 2 fully saturated rings. The van der Waals surface area contributed by atoms with Crippen LogP contribution in [0.4, 0.5) is 11.4 Å². The Morgan fingerprint density at radius 2 is 1.70 bits per heavy atom. The molecule has 1 aromatic heterocycles. The van der Waals surface area contributed by atoms with Crippen molar-refractivity contribution >= 4 is 23.0 Å². The normalized spacial score (nSPS) is 20.3. The second-order valence-corrected chi connectivity index (χ2v) is 9.04. The van der Waals surface area contributed by atoms with Crippen molar-refractivity contribution in [2.24, 2.45) is 11.3 Å². The van der Waals surface area contributed by atoms with E-state index in [2.05, 4.69) is 80.8 Å². The monoisotopic (exact) mass is 418 g/mol. The lowest BCUT2D eigenvalue weighted by molar-refractivity contribution is 0.162. The van der Waals surface area contributed by atoms with E-state index in [4.69, 9.17) is 11.6 Å². The van der Waals surface area contributed by atoms with Crippen LogP contribution in [0, 0.1) is 11.3 Å². The molecule has 0 saturated carbocycles. The molecule has 0 aliphatic carbocycles. The second kappa shape index (κ2) is 8.29. The zero-order valence-corrected chi connectivity index (χ0v) is 17.8. The number of rotatable bonds is 6. The van der Waals surface area contributed by atoms with Crippen molar-refractivity contribution in [1.82, 2.24) is 9.88 Å². The minimum absolute atomic E-state index is 0.317. The minimum Gasteiger partial charge on any atom is -0.385 e. The van der Waals surface area contributed by atoms with Crippen molar-refractivity contribution in [3.05, 3.63) is 89.7 Å². The van der Waals surface area contributed by atoms with Crippen molar-refractivity contribution in [3.63, 3.8) is 0 Å². The van der Waals surface area contributed by atoms with Gasteiger partial charge in [0.25, 0.3) is 0 Å². The van der Waals surface area contributed by atoms with Crippen LogP contribution in [0.5, 0.6) is 0 Å². The molecular formula is C25H27ClN4. The van der Waals surface area contributed by atoms with E-state index in [0.29, 0.717) is 11.3 Å². The lowest BCUT2D eigenvalue weighted by Crippen LogP contribution is -2.61. The van der Waals surface area contributed by atoms with Crippen LogP contribution in [0.1, 0.15) is 5.56 Å². The largest absolute Gasteiger partial charge is 0.385 e. The maximum atomic E-state index is 6.39. The SMILES string of the molecule is Clc1cnccc1CN1CC(CNc2ccccc2)C2(C1)CN(c1ccccc1)C2. The minimum atomic E-state index is 0.317. The predicted molar refractivity (Wildman–Crippen MR) is 124 cm³/mol. The van der Waals surface area contributed by atoms with Crippen molar-refractivity contribution < 1.29 is 0 Å². The summed E-state index contributed by atoms with van der Waals surface area (Å²) in [6.07, 6.45) is 3.58. The van der Waals surface area contributed by atoms with Crippen LogP contribution in [0.2, 0.25) is 5.02 Å². The van der Waals surface area contributed by atoms with Gasteiger partial charge in [-0.3, -0.25) is 9.88 Å². The predicted octanol–water partition coefficient (Wildman–Crippen LogP) is 4.79. The third-order valence-corrected chi connectivity index (χ3v) is 6.93. The van der Waals surface area contributed by atoms with Crippen LogP contribution >= 0.6 is 11.6 Å².